The molecule has 5 nitrogen and oxygen atoms in total. The van der Waals surface area contributed by atoms with Crippen LogP contribution in [0.3, 0.4) is 0 Å². The van der Waals surface area contributed by atoms with Crippen molar-refractivity contribution in [2.75, 3.05) is 0 Å². The quantitative estimate of drug-likeness (QED) is 0.305. The van der Waals surface area contributed by atoms with E-state index in [0.717, 1.165) is 16.2 Å². The maximum absolute atomic E-state index is 12.9. The van der Waals surface area contributed by atoms with Crippen molar-refractivity contribution in [2.24, 2.45) is 0 Å². The second kappa shape index (κ2) is 8.42. The molecule has 0 saturated heterocycles. The molecule has 3 aromatic heterocycles. The van der Waals surface area contributed by atoms with Gasteiger partial charge in [-0.1, -0.05) is 11.8 Å². The predicted molar refractivity (Wildman–Crippen MR) is 112 cm³/mol. The van der Waals surface area contributed by atoms with Crippen molar-refractivity contribution in [3.63, 3.8) is 0 Å². The van der Waals surface area contributed by atoms with Crippen LogP contribution in [0.2, 0.25) is 0 Å². The SMILES string of the molecule is CCn1c(SCc2csc(COc3ccc(F)cc3)n2)nc2ccsc2c1=O. The van der Waals surface area contributed by atoms with Crippen molar-refractivity contribution < 1.29 is 9.13 Å². The Morgan fingerprint density at radius 1 is 1.18 bits per heavy atom. The van der Waals surface area contributed by atoms with Gasteiger partial charge in [-0.3, -0.25) is 9.36 Å². The lowest BCUT2D eigenvalue weighted by molar-refractivity contribution is 0.305. The molecule has 0 fully saturated rings. The summed E-state index contributed by atoms with van der Waals surface area (Å²) in [5, 5.41) is 5.42. The maximum Gasteiger partial charge on any atom is 0.272 e. The smallest absolute Gasteiger partial charge is 0.272 e. The third-order valence-electron chi connectivity index (χ3n) is 3.97. The van der Waals surface area contributed by atoms with Gasteiger partial charge in [-0.25, -0.2) is 14.4 Å². The molecular weight excluding hydrogens is 417 g/mol. The van der Waals surface area contributed by atoms with Gasteiger partial charge in [0.15, 0.2) is 5.16 Å². The first kappa shape index (κ1) is 19.1. The van der Waals surface area contributed by atoms with Crippen LogP contribution in [0, 0.1) is 5.82 Å². The van der Waals surface area contributed by atoms with E-state index in [1.165, 1.54) is 46.6 Å². The number of nitrogens with zero attached hydrogens (tertiary/aromatic N) is 3. The van der Waals surface area contributed by atoms with E-state index in [4.69, 9.17) is 4.74 Å². The first-order chi connectivity index (χ1) is 13.6. The minimum Gasteiger partial charge on any atom is -0.486 e. The first-order valence-corrected chi connectivity index (χ1v) is 11.3. The standard InChI is InChI=1S/C19H16FN3O2S3/c1-2-23-18(24)17-15(7-8-26-17)22-19(23)28-11-13-10-27-16(21-13)9-25-14-5-3-12(20)4-6-14/h3-8,10H,2,9,11H2,1H3. The molecule has 28 heavy (non-hydrogen) atoms. The molecular formula is C19H16FN3O2S3. The van der Waals surface area contributed by atoms with Crippen LogP contribution < -0.4 is 10.3 Å². The number of aromatic nitrogens is 3. The third-order valence-corrected chi connectivity index (χ3v) is 6.74. The van der Waals surface area contributed by atoms with Gasteiger partial charge in [-0.15, -0.1) is 22.7 Å². The van der Waals surface area contributed by atoms with Crippen LogP contribution in [0.15, 0.2) is 51.0 Å². The summed E-state index contributed by atoms with van der Waals surface area (Å²) in [5.41, 5.74) is 1.67. The Balaban J connectivity index is 1.42. The highest BCUT2D eigenvalue weighted by molar-refractivity contribution is 7.98. The molecule has 0 aliphatic carbocycles. The Bertz CT molecular complexity index is 1150. The van der Waals surface area contributed by atoms with Gasteiger partial charge < -0.3 is 4.74 Å². The number of hydrogen-bond donors (Lipinski definition) is 0. The van der Waals surface area contributed by atoms with Crippen LogP contribution in [0.4, 0.5) is 4.39 Å². The van der Waals surface area contributed by atoms with Crippen LogP contribution in [-0.4, -0.2) is 14.5 Å². The third kappa shape index (κ3) is 4.11. The van der Waals surface area contributed by atoms with Crippen LogP contribution in [0.1, 0.15) is 17.6 Å². The fraction of sp³-hybridized carbons (Fsp3) is 0.211. The molecule has 0 aliphatic rings. The summed E-state index contributed by atoms with van der Waals surface area (Å²) in [6, 6.07) is 7.79. The fourth-order valence-electron chi connectivity index (χ4n) is 2.61. The number of thiazole rings is 1. The molecule has 0 radical (unpaired) electrons. The van der Waals surface area contributed by atoms with Crippen molar-refractivity contribution >= 4 is 44.7 Å². The average Bonchev–Trinajstić information content (AvgIpc) is 3.35. The molecule has 144 valence electrons. The normalized spacial score (nSPS) is 11.2. The first-order valence-electron chi connectivity index (χ1n) is 8.56. The summed E-state index contributed by atoms with van der Waals surface area (Å²) in [7, 11) is 0. The molecule has 4 aromatic rings. The zero-order valence-electron chi connectivity index (χ0n) is 14.9. The highest BCUT2D eigenvalue weighted by Crippen LogP contribution is 2.25. The van der Waals surface area contributed by atoms with Crippen molar-refractivity contribution in [1.82, 2.24) is 14.5 Å². The number of halogens is 1. The van der Waals surface area contributed by atoms with Crippen LogP contribution in [-0.2, 0) is 18.9 Å². The van der Waals surface area contributed by atoms with E-state index in [2.05, 4.69) is 9.97 Å². The zero-order valence-corrected chi connectivity index (χ0v) is 17.4. The molecule has 9 heteroatoms. The number of thioether (sulfide) groups is 1. The average molecular weight is 434 g/mol. The van der Waals surface area contributed by atoms with Crippen LogP contribution >= 0.6 is 34.4 Å². The number of hydrogen-bond acceptors (Lipinski definition) is 7. The molecule has 0 bridgehead atoms. The summed E-state index contributed by atoms with van der Waals surface area (Å²) >= 11 is 4.44. The molecule has 0 N–H and O–H groups in total. The molecule has 1 aromatic carbocycles. The Hall–Kier alpha value is -2.23. The van der Waals surface area contributed by atoms with Gasteiger partial charge >= 0.3 is 0 Å². The topological polar surface area (TPSA) is 57.0 Å². The van der Waals surface area contributed by atoms with Crippen molar-refractivity contribution in [1.29, 1.82) is 0 Å². The van der Waals surface area contributed by atoms with Gasteiger partial charge in [-0.05, 0) is 42.6 Å². The van der Waals surface area contributed by atoms with Gasteiger partial charge in [0, 0.05) is 17.7 Å². The fourth-order valence-corrected chi connectivity index (χ4v) is 5.15. The summed E-state index contributed by atoms with van der Waals surface area (Å²) in [4.78, 5) is 21.8. The van der Waals surface area contributed by atoms with E-state index in [1.54, 1.807) is 16.7 Å². The Kier molecular flexibility index (Phi) is 5.74. The molecule has 4 rings (SSSR count). The van der Waals surface area contributed by atoms with E-state index < -0.39 is 0 Å². The van der Waals surface area contributed by atoms with Gasteiger partial charge in [0.05, 0.1) is 11.2 Å². The largest absolute Gasteiger partial charge is 0.486 e. The lowest BCUT2D eigenvalue weighted by atomic mass is 10.3. The van der Waals surface area contributed by atoms with Crippen molar-refractivity contribution in [2.45, 2.75) is 31.0 Å². The second-order valence-electron chi connectivity index (χ2n) is 5.84. The minimum atomic E-state index is -0.291. The van der Waals surface area contributed by atoms with E-state index in [9.17, 15) is 9.18 Å². The van der Waals surface area contributed by atoms with E-state index in [1.807, 2.05) is 23.8 Å². The number of ether oxygens (including phenoxy) is 1. The molecule has 0 spiro atoms. The van der Waals surface area contributed by atoms with Gasteiger partial charge in [0.25, 0.3) is 5.56 Å². The lowest BCUT2D eigenvalue weighted by Gasteiger charge is -2.08. The zero-order chi connectivity index (χ0) is 19.5. The number of rotatable bonds is 7. The molecule has 0 aliphatic heterocycles. The van der Waals surface area contributed by atoms with Crippen LogP contribution in [0.25, 0.3) is 10.2 Å². The van der Waals surface area contributed by atoms with E-state index in [-0.39, 0.29) is 11.4 Å². The Morgan fingerprint density at radius 3 is 2.79 bits per heavy atom. The van der Waals surface area contributed by atoms with Gasteiger partial charge in [-0.2, -0.15) is 0 Å². The molecule has 3 heterocycles. The summed E-state index contributed by atoms with van der Waals surface area (Å²) < 4.78 is 21.0. The number of fused-ring (bicyclic) bond motifs is 1. The van der Waals surface area contributed by atoms with Gasteiger partial charge in [0.1, 0.15) is 27.9 Å². The number of benzene rings is 1. The van der Waals surface area contributed by atoms with E-state index >= 15 is 0 Å². The predicted octanol–water partition coefficient (Wildman–Crippen LogP) is 4.94. The Labute approximate surface area is 172 Å². The van der Waals surface area contributed by atoms with Gasteiger partial charge in [0.2, 0.25) is 0 Å². The second-order valence-corrected chi connectivity index (χ2v) is 8.64. The highest BCUT2D eigenvalue weighted by Gasteiger charge is 2.12. The number of thiophene rings is 1. The lowest BCUT2D eigenvalue weighted by Crippen LogP contribution is -2.21. The summed E-state index contributed by atoms with van der Waals surface area (Å²) in [6.07, 6.45) is 0. The summed E-state index contributed by atoms with van der Waals surface area (Å²) in [5.74, 6) is 0.934. The molecule has 0 unspecified atom stereocenters. The molecule has 0 atom stereocenters. The van der Waals surface area contributed by atoms with Crippen molar-refractivity contribution in [3.05, 3.63) is 68.0 Å². The van der Waals surface area contributed by atoms with Crippen molar-refractivity contribution in [3.8, 4) is 5.75 Å². The molecule has 0 saturated carbocycles. The molecule has 0 amide bonds. The Morgan fingerprint density at radius 2 is 2.00 bits per heavy atom. The van der Waals surface area contributed by atoms with E-state index in [0.29, 0.717) is 34.5 Å². The highest BCUT2D eigenvalue weighted by atomic mass is 32.2. The monoisotopic (exact) mass is 433 g/mol. The minimum absolute atomic E-state index is 0.0108. The maximum atomic E-state index is 12.9. The summed E-state index contributed by atoms with van der Waals surface area (Å²) in [6.45, 7) is 2.86. The van der Waals surface area contributed by atoms with Crippen LogP contribution in [0.5, 0.6) is 5.75 Å².